The van der Waals surface area contributed by atoms with Crippen LogP contribution in [0.15, 0.2) is 60.7 Å². The van der Waals surface area contributed by atoms with Crippen molar-refractivity contribution in [2.45, 2.75) is 31.3 Å². The van der Waals surface area contributed by atoms with E-state index < -0.39 is 0 Å². The van der Waals surface area contributed by atoms with Crippen LogP contribution >= 0.6 is 0 Å². The van der Waals surface area contributed by atoms with Crippen LogP contribution in [0.1, 0.15) is 36.3 Å². The third-order valence-electron chi connectivity index (χ3n) is 5.89. The molecule has 0 aromatic heterocycles. The maximum absolute atomic E-state index is 12.7. The molecule has 0 saturated carbocycles. The van der Waals surface area contributed by atoms with Gasteiger partial charge in [-0.3, -0.25) is 9.59 Å². The molecule has 2 aliphatic rings. The van der Waals surface area contributed by atoms with Crippen LogP contribution in [0.5, 0.6) is 0 Å². The second-order valence-corrected chi connectivity index (χ2v) is 7.86. The molecule has 2 aromatic carbocycles. The Bertz CT molecular complexity index is 785. The fourth-order valence-electron chi connectivity index (χ4n) is 4.32. The van der Waals surface area contributed by atoms with Crippen LogP contribution in [-0.2, 0) is 14.3 Å². The summed E-state index contributed by atoms with van der Waals surface area (Å²) in [6.45, 7) is 2.62. The van der Waals surface area contributed by atoms with Crippen LogP contribution in [0.2, 0.25) is 0 Å². The number of rotatable bonds is 6. The van der Waals surface area contributed by atoms with Crippen molar-refractivity contribution in [1.82, 2.24) is 9.80 Å². The minimum absolute atomic E-state index is 0.0209. The molecule has 152 valence electrons. The summed E-state index contributed by atoms with van der Waals surface area (Å²) in [5.74, 6) is 0.346. The summed E-state index contributed by atoms with van der Waals surface area (Å²) in [6, 6.07) is 20.9. The van der Waals surface area contributed by atoms with E-state index >= 15 is 0 Å². The standard InChI is InChI=1S/C24H28N2O3/c27-23-12-7-13-25(23)18-24(28)26-14-15-29-21(17-26)16-22(19-8-3-1-4-9-19)20-10-5-2-6-11-20/h1-6,8-11,21-22H,7,12-18H2/t21-/m0/s1. The van der Waals surface area contributed by atoms with Gasteiger partial charge in [-0.25, -0.2) is 0 Å². The van der Waals surface area contributed by atoms with Gasteiger partial charge < -0.3 is 14.5 Å². The van der Waals surface area contributed by atoms with E-state index in [1.807, 2.05) is 17.0 Å². The first kappa shape index (κ1) is 19.6. The third-order valence-corrected chi connectivity index (χ3v) is 5.89. The largest absolute Gasteiger partial charge is 0.375 e. The monoisotopic (exact) mass is 392 g/mol. The van der Waals surface area contributed by atoms with Crippen molar-refractivity contribution >= 4 is 11.8 Å². The van der Waals surface area contributed by atoms with Crippen molar-refractivity contribution in [3.05, 3.63) is 71.8 Å². The Balaban J connectivity index is 1.44. The molecule has 2 fully saturated rings. The quantitative estimate of drug-likeness (QED) is 0.759. The van der Waals surface area contributed by atoms with Crippen LogP contribution in [-0.4, -0.2) is 60.5 Å². The van der Waals surface area contributed by atoms with Crippen LogP contribution in [0.4, 0.5) is 0 Å². The van der Waals surface area contributed by atoms with Gasteiger partial charge in [-0.1, -0.05) is 60.7 Å². The molecule has 2 amide bonds. The Kier molecular flexibility index (Phi) is 6.25. The molecule has 2 aromatic rings. The first-order valence-corrected chi connectivity index (χ1v) is 10.5. The van der Waals surface area contributed by atoms with Gasteiger partial charge >= 0.3 is 0 Å². The minimum Gasteiger partial charge on any atom is -0.375 e. The molecule has 0 N–H and O–H groups in total. The molecule has 0 unspecified atom stereocenters. The Morgan fingerprint density at radius 3 is 2.24 bits per heavy atom. The van der Waals surface area contributed by atoms with Gasteiger partial charge in [-0.2, -0.15) is 0 Å². The zero-order chi connectivity index (χ0) is 20.1. The van der Waals surface area contributed by atoms with Gasteiger partial charge in [-0.05, 0) is 24.0 Å². The van der Waals surface area contributed by atoms with Gasteiger partial charge in [-0.15, -0.1) is 0 Å². The number of hydrogen-bond donors (Lipinski definition) is 0. The summed E-state index contributed by atoms with van der Waals surface area (Å²) < 4.78 is 6.05. The fourth-order valence-corrected chi connectivity index (χ4v) is 4.32. The summed E-state index contributed by atoms with van der Waals surface area (Å²) in [4.78, 5) is 28.1. The molecule has 0 radical (unpaired) electrons. The molecule has 0 bridgehead atoms. The number of hydrogen-bond acceptors (Lipinski definition) is 3. The third kappa shape index (κ3) is 4.85. The second kappa shape index (κ2) is 9.23. The van der Waals surface area contributed by atoms with Gasteiger partial charge in [0.1, 0.15) is 0 Å². The number of nitrogens with zero attached hydrogens (tertiary/aromatic N) is 2. The number of benzene rings is 2. The lowest BCUT2D eigenvalue weighted by molar-refractivity contribution is -0.143. The summed E-state index contributed by atoms with van der Waals surface area (Å²) in [5, 5.41) is 0. The summed E-state index contributed by atoms with van der Waals surface area (Å²) in [7, 11) is 0. The molecule has 4 rings (SSSR count). The lowest BCUT2D eigenvalue weighted by Gasteiger charge is -2.35. The Morgan fingerprint density at radius 2 is 1.66 bits per heavy atom. The van der Waals surface area contributed by atoms with E-state index in [4.69, 9.17) is 4.74 Å². The molecule has 0 spiro atoms. The smallest absolute Gasteiger partial charge is 0.242 e. The van der Waals surface area contributed by atoms with Gasteiger partial charge in [0.2, 0.25) is 11.8 Å². The fraction of sp³-hybridized carbons (Fsp3) is 0.417. The number of amides is 2. The van der Waals surface area contributed by atoms with E-state index in [1.165, 1.54) is 11.1 Å². The molecule has 2 heterocycles. The van der Waals surface area contributed by atoms with Crippen LogP contribution in [0, 0.1) is 0 Å². The molecule has 2 aliphatic heterocycles. The highest BCUT2D eigenvalue weighted by atomic mass is 16.5. The first-order valence-electron chi connectivity index (χ1n) is 10.5. The van der Waals surface area contributed by atoms with E-state index in [0.29, 0.717) is 32.7 Å². The van der Waals surface area contributed by atoms with Crippen LogP contribution < -0.4 is 0 Å². The van der Waals surface area contributed by atoms with Gasteiger partial charge in [0.15, 0.2) is 0 Å². The molecule has 1 atom stereocenters. The summed E-state index contributed by atoms with van der Waals surface area (Å²) >= 11 is 0. The molecule has 5 heteroatoms. The van der Waals surface area contributed by atoms with Crippen molar-refractivity contribution in [2.75, 3.05) is 32.8 Å². The highest BCUT2D eigenvalue weighted by Crippen LogP contribution is 2.31. The summed E-state index contributed by atoms with van der Waals surface area (Å²) in [6.07, 6.45) is 2.22. The van der Waals surface area contributed by atoms with Gasteiger partial charge in [0, 0.05) is 32.0 Å². The molecule has 2 saturated heterocycles. The molecule has 5 nitrogen and oxygen atoms in total. The van der Waals surface area contributed by atoms with E-state index in [1.54, 1.807) is 4.90 Å². The minimum atomic E-state index is -0.0209. The van der Waals surface area contributed by atoms with Crippen molar-refractivity contribution in [3.8, 4) is 0 Å². The maximum Gasteiger partial charge on any atom is 0.242 e. The lowest BCUT2D eigenvalue weighted by Crippen LogP contribution is -2.49. The predicted molar refractivity (Wildman–Crippen MR) is 111 cm³/mol. The molecular formula is C24H28N2O3. The average molecular weight is 392 g/mol. The van der Waals surface area contributed by atoms with Crippen molar-refractivity contribution in [2.24, 2.45) is 0 Å². The van der Waals surface area contributed by atoms with E-state index in [-0.39, 0.29) is 30.4 Å². The van der Waals surface area contributed by atoms with Crippen LogP contribution in [0.3, 0.4) is 0 Å². The Morgan fingerprint density at radius 1 is 1.00 bits per heavy atom. The van der Waals surface area contributed by atoms with Crippen molar-refractivity contribution in [1.29, 1.82) is 0 Å². The van der Waals surface area contributed by atoms with Crippen LogP contribution in [0.25, 0.3) is 0 Å². The number of likely N-dealkylation sites (tertiary alicyclic amines) is 1. The lowest BCUT2D eigenvalue weighted by atomic mass is 9.86. The summed E-state index contributed by atoms with van der Waals surface area (Å²) in [5.41, 5.74) is 2.52. The van der Waals surface area contributed by atoms with Gasteiger partial charge in [0.25, 0.3) is 0 Å². The van der Waals surface area contributed by atoms with Gasteiger partial charge in [0.05, 0.1) is 19.3 Å². The molecule has 29 heavy (non-hydrogen) atoms. The highest BCUT2D eigenvalue weighted by Gasteiger charge is 2.30. The maximum atomic E-state index is 12.7. The number of carbonyl (C=O) groups excluding carboxylic acids is 2. The SMILES string of the molecule is O=C1CCCN1CC(=O)N1CCO[C@@H](CC(c2ccccc2)c2ccccc2)C1. The van der Waals surface area contributed by atoms with E-state index in [0.717, 1.165) is 12.8 Å². The number of morpholine rings is 1. The number of ether oxygens (including phenoxy) is 1. The van der Waals surface area contributed by atoms with E-state index in [9.17, 15) is 9.59 Å². The highest BCUT2D eigenvalue weighted by molar-refractivity contribution is 5.85. The van der Waals surface area contributed by atoms with E-state index in [2.05, 4.69) is 48.5 Å². The van der Waals surface area contributed by atoms with Crippen molar-refractivity contribution in [3.63, 3.8) is 0 Å². The zero-order valence-corrected chi connectivity index (χ0v) is 16.7. The normalized spacial score (nSPS) is 19.8. The molecule has 0 aliphatic carbocycles. The number of carbonyl (C=O) groups is 2. The first-order chi connectivity index (χ1) is 14.2. The predicted octanol–water partition coefficient (Wildman–Crippen LogP) is 3.06. The molecular weight excluding hydrogens is 364 g/mol. The average Bonchev–Trinajstić information content (AvgIpc) is 3.18. The van der Waals surface area contributed by atoms with Crippen molar-refractivity contribution < 1.29 is 14.3 Å². The second-order valence-electron chi connectivity index (χ2n) is 7.86. The Hall–Kier alpha value is -2.66. The Labute approximate surface area is 172 Å². The topological polar surface area (TPSA) is 49.9 Å². The zero-order valence-electron chi connectivity index (χ0n) is 16.7.